The summed E-state index contributed by atoms with van der Waals surface area (Å²) in [5, 5.41) is 12.8. The Labute approximate surface area is 223 Å². The highest BCUT2D eigenvalue weighted by Crippen LogP contribution is 2.30. The van der Waals surface area contributed by atoms with E-state index in [1.165, 1.54) is 11.3 Å². The minimum absolute atomic E-state index is 0.137. The minimum atomic E-state index is -0.518. The van der Waals surface area contributed by atoms with Gasteiger partial charge in [-0.2, -0.15) is 0 Å². The molecule has 0 saturated heterocycles. The Kier molecular flexibility index (Phi) is 7.08. The number of rotatable bonds is 8. The fraction of sp³-hybridized carbons (Fsp3) is 0.214. The number of nitrogens with zero attached hydrogens (tertiary/aromatic N) is 4. The number of aromatic nitrogens is 3. The summed E-state index contributed by atoms with van der Waals surface area (Å²) in [5.41, 5.74) is 2.67. The monoisotopic (exact) mass is 529 g/mol. The number of aliphatic hydroxyl groups is 1. The van der Waals surface area contributed by atoms with E-state index in [1.807, 2.05) is 47.0 Å². The molecule has 2 N–H and O–H groups in total. The van der Waals surface area contributed by atoms with Crippen molar-refractivity contribution in [2.24, 2.45) is 0 Å². The Morgan fingerprint density at radius 2 is 1.95 bits per heavy atom. The Balaban J connectivity index is 1.44. The lowest BCUT2D eigenvalue weighted by molar-refractivity contribution is 0.0991. The van der Waals surface area contributed by atoms with Crippen LogP contribution < -0.4 is 10.2 Å². The number of carbonyl (C=O) groups is 2. The molecule has 10 heteroatoms. The first-order valence-electron chi connectivity index (χ1n) is 12.2. The third-order valence-electron chi connectivity index (χ3n) is 6.13. The van der Waals surface area contributed by atoms with Gasteiger partial charge >= 0.3 is 0 Å². The molecule has 3 heterocycles. The molecule has 5 rings (SSSR count). The molecule has 5 aromatic rings. The van der Waals surface area contributed by atoms with Crippen LogP contribution in [0.25, 0.3) is 21.7 Å². The number of hydrogen-bond acceptors (Lipinski definition) is 7. The van der Waals surface area contributed by atoms with Crippen LogP contribution in [-0.4, -0.2) is 44.6 Å². The van der Waals surface area contributed by atoms with Gasteiger partial charge in [0, 0.05) is 31.8 Å². The molecule has 0 radical (unpaired) electrons. The van der Waals surface area contributed by atoms with Gasteiger partial charge in [0.15, 0.2) is 11.7 Å². The predicted molar refractivity (Wildman–Crippen MR) is 148 cm³/mol. The predicted octanol–water partition coefficient (Wildman–Crippen LogP) is 5.36. The zero-order chi connectivity index (χ0) is 26.8. The molecule has 1 unspecified atom stereocenters. The SMILES string of the molecule is Cc1ncc(-c2ccc(C(=O)Nc3nc4cc(N(C)C(=O)c5ccccc5)ccc4n3CCC(C)O)s2)o1. The molecule has 1 atom stereocenters. The zero-order valence-electron chi connectivity index (χ0n) is 21.2. The topological polar surface area (TPSA) is 113 Å². The summed E-state index contributed by atoms with van der Waals surface area (Å²) in [6, 6.07) is 18.2. The maximum Gasteiger partial charge on any atom is 0.268 e. The third-order valence-corrected chi connectivity index (χ3v) is 7.23. The second-order valence-corrected chi connectivity index (χ2v) is 10.1. The third kappa shape index (κ3) is 5.22. The van der Waals surface area contributed by atoms with Gasteiger partial charge in [0.1, 0.15) is 0 Å². The van der Waals surface area contributed by atoms with Gasteiger partial charge in [0.05, 0.1) is 33.1 Å². The molecule has 0 aliphatic carbocycles. The van der Waals surface area contributed by atoms with Crippen molar-refractivity contribution in [2.45, 2.75) is 32.9 Å². The molecule has 0 aliphatic heterocycles. The second kappa shape index (κ2) is 10.6. The van der Waals surface area contributed by atoms with E-state index in [9.17, 15) is 14.7 Å². The van der Waals surface area contributed by atoms with Crippen molar-refractivity contribution in [2.75, 3.05) is 17.3 Å². The number of oxazole rings is 1. The first-order valence-corrected chi connectivity index (χ1v) is 13.0. The van der Waals surface area contributed by atoms with Gasteiger partial charge < -0.3 is 19.0 Å². The van der Waals surface area contributed by atoms with E-state index in [-0.39, 0.29) is 11.8 Å². The van der Waals surface area contributed by atoms with Crippen molar-refractivity contribution >= 4 is 45.8 Å². The van der Waals surface area contributed by atoms with Crippen LogP contribution in [0, 0.1) is 6.92 Å². The van der Waals surface area contributed by atoms with Gasteiger partial charge in [-0.15, -0.1) is 11.3 Å². The van der Waals surface area contributed by atoms with E-state index in [1.54, 1.807) is 50.2 Å². The van der Waals surface area contributed by atoms with Crippen LogP contribution in [0.3, 0.4) is 0 Å². The molecule has 0 spiro atoms. The van der Waals surface area contributed by atoms with Gasteiger partial charge in [-0.1, -0.05) is 18.2 Å². The normalized spacial score (nSPS) is 12.0. The van der Waals surface area contributed by atoms with Crippen LogP contribution in [0.2, 0.25) is 0 Å². The fourth-order valence-corrected chi connectivity index (χ4v) is 4.93. The quantitative estimate of drug-likeness (QED) is 0.280. The minimum Gasteiger partial charge on any atom is -0.440 e. The molecule has 0 saturated carbocycles. The summed E-state index contributed by atoms with van der Waals surface area (Å²) in [4.78, 5) is 37.8. The second-order valence-electron chi connectivity index (χ2n) is 8.99. The molecule has 2 aromatic carbocycles. The summed E-state index contributed by atoms with van der Waals surface area (Å²) in [5.74, 6) is 1.09. The smallest absolute Gasteiger partial charge is 0.268 e. The number of thiophene rings is 1. The summed E-state index contributed by atoms with van der Waals surface area (Å²) < 4.78 is 7.44. The number of hydrogen-bond donors (Lipinski definition) is 2. The van der Waals surface area contributed by atoms with Gasteiger partial charge in [-0.05, 0) is 55.8 Å². The van der Waals surface area contributed by atoms with Crippen molar-refractivity contribution < 1.29 is 19.1 Å². The number of aliphatic hydroxyl groups excluding tert-OH is 1. The largest absolute Gasteiger partial charge is 0.440 e. The van der Waals surface area contributed by atoms with Crippen LogP contribution in [-0.2, 0) is 6.54 Å². The van der Waals surface area contributed by atoms with Crippen molar-refractivity contribution in [3.63, 3.8) is 0 Å². The van der Waals surface area contributed by atoms with E-state index in [0.29, 0.717) is 52.2 Å². The number of imidazole rings is 1. The first kappa shape index (κ1) is 25.4. The Morgan fingerprint density at radius 3 is 2.66 bits per heavy atom. The van der Waals surface area contributed by atoms with Crippen molar-refractivity contribution in [1.82, 2.24) is 14.5 Å². The van der Waals surface area contributed by atoms with Crippen LogP contribution >= 0.6 is 11.3 Å². The van der Waals surface area contributed by atoms with Gasteiger partial charge in [0.2, 0.25) is 5.95 Å². The number of benzene rings is 2. The molecule has 2 amide bonds. The lowest BCUT2D eigenvalue weighted by Crippen LogP contribution is -2.26. The fourth-order valence-electron chi connectivity index (χ4n) is 4.09. The maximum absolute atomic E-state index is 13.1. The van der Waals surface area contributed by atoms with E-state index < -0.39 is 6.10 Å². The van der Waals surface area contributed by atoms with Crippen molar-refractivity contribution in [3.8, 4) is 10.6 Å². The van der Waals surface area contributed by atoms with Gasteiger partial charge in [0.25, 0.3) is 11.8 Å². The Bertz CT molecular complexity index is 1600. The number of anilines is 2. The number of nitrogens with one attached hydrogen (secondary N) is 1. The van der Waals surface area contributed by atoms with E-state index in [0.717, 1.165) is 10.4 Å². The molecule has 3 aromatic heterocycles. The number of carbonyl (C=O) groups excluding carboxylic acids is 2. The molecule has 9 nitrogen and oxygen atoms in total. The highest BCUT2D eigenvalue weighted by molar-refractivity contribution is 7.17. The van der Waals surface area contributed by atoms with Crippen LogP contribution in [0.1, 0.15) is 39.3 Å². The lowest BCUT2D eigenvalue weighted by Gasteiger charge is -2.17. The van der Waals surface area contributed by atoms with Crippen LogP contribution in [0.4, 0.5) is 11.6 Å². The Morgan fingerprint density at radius 1 is 1.16 bits per heavy atom. The van der Waals surface area contributed by atoms with Gasteiger partial charge in [-0.3, -0.25) is 14.9 Å². The summed E-state index contributed by atoms with van der Waals surface area (Å²) in [6.07, 6.45) is 1.60. The standard InChI is InChI=1S/C28H27N5O4S/c1-17(34)13-14-33-22-10-9-20(32(3)27(36)19-7-5-4-6-8-19)15-21(22)30-28(33)31-26(35)25-12-11-24(38-25)23-16-29-18(2)37-23/h4-12,15-17,34H,13-14H2,1-3H3,(H,30,31,35). The molecule has 194 valence electrons. The molecule has 0 aliphatic rings. The molecule has 38 heavy (non-hydrogen) atoms. The molecule has 0 bridgehead atoms. The van der Waals surface area contributed by atoms with E-state index in [2.05, 4.69) is 15.3 Å². The van der Waals surface area contributed by atoms with E-state index in [4.69, 9.17) is 4.42 Å². The lowest BCUT2D eigenvalue weighted by atomic mass is 10.2. The van der Waals surface area contributed by atoms with Crippen molar-refractivity contribution in [3.05, 3.63) is 83.2 Å². The number of aryl methyl sites for hydroxylation is 2. The van der Waals surface area contributed by atoms with Crippen LogP contribution in [0.15, 0.2) is 71.3 Å². The van der Waals surface area contributed by atoms with Gasteiger partial charge in [-0.25, -0.2) is 9.97 Å². The summed E-state index contributed by atoms with van der Waals surface area (Å²) >= 11 is 1.30. The number of fused-ring (bicyclic) bond motifs is 1. The maximum atomic E-state index is 13.1. The molecule has 0 fully saturated rings. The average molecular weight is 530 g/mol. The summed E-state index contributed by atoms with van der Waals surface area (Å²) in [6.45, 7) is 3.94. The van der Waals surface area contributed by atoms with Crippen molar-refractivity contribution in [1.29, 1.82) is 0 Å². The highest BCUT2D eigenvalue weighted by Gasteiger charge is 2.20. The highest BCUT2D eigenvalue weighted by atomic mass is 32.1. The first-order chi connectivity index (χ1) is 18.3. The average Bonchev–Trinajstić information content (AvgIpc) is 3.65. The molecular weight excluding hydrogens is 502 g/mol. The zero-order valence-corrected chi connectivity index (χ0v) is 22.0. The van der Waals surface area contributed by atoms with E-state index >= 15 is 0 Å². The molecular formula is C28H27N5O4S. The number of amides is 2. The Hall–Kier alpha value is -4.28. The van der Waals surface area contributed by atoms with Crippen LogP contribution in [0.5, 0.6) is 0 Å². The summed E-state index contributed by atoms with van der Waals surface area (Å²) in [7, 11) is 1.72.